The number of esters is 1. The van der Waals surface area contributed by atoms with Gasteiger partial charge in [-0.2, -0.15) is 4.99 Å². The van der Waals surface area contributed by atoms with Gasteiger partial charge in [0.05, 0.1) is 23.9 Å². The van der Waals surface area contributed by atoms with Gasteiger partial charge in [-0.05, 0) is 42.8 Å². The second-order valence-corrected chi connectivity index (χ2v) is 8.58. The molecule has 0 fully saturated rings. The molecule has 0 saturated heterocycles. The zero-order valence-electron chi connectivity index (χ0n) is 16.9. The van der Waals surface area contributed by atoms with Gasteiger partial charge in [0.25, 0.3) is 5.91 Å². The Morgan fingerprint density at radius 3 is 2.77 bits per heavy atom. The zero-order chi connectivity index (χ0) is 21.5. The summed E-state index contributed by atoms with van der Waals surface area (Å²) in [6, 6.07) is 12.7. The molecule has 3 rings (SSSR count). The van der Waals surface area contributed by atoms with Gasteiger partial charge in [-0.3, -0.25) is 9.59 Å². The highest BCUT2D eigenvalue weighted by Crippen LogP contribution is 2.22. The van der Waals surface area contributed by atoms with E-state index in [2.05, 4.69) is 27.8 Å². The number of nitrogens with zero attached hydrogens (tertiary/aromatic N) is 2. The summed E-state index contributed by atoms with van der Waals surface area (Å²) in [6.07, 6.45) is 3.21. The van der Waals surface area contributed by atoms with Gasteiger partial charge in [-0.1, -0.05) is 53.1 Å². The molecule has 0 unspecified atom stereocenters. The Kier molecular flexibility index (Phi) is 7.81. The first-order valence-corrected chi connectivity index (χ1v) is 11.3. The second kappa shape index (κ2) is 10.5. The molecule has 8 heteroatoms. The minimum atomic E-state index is -0.408. The van der Waals surface area contributed by atoms with Gasteiger partial charge in [0.1, 0.15) is 12.3 Å². The number of unbranched alkanes of at least 4 members (excludes halogenated alkanes) is 2. The summed E-state index contributed by atoms with van der Waals surface area (Å²) in [5.41, 5.74) is 1.25. The van der Waals surface area contributed by atoms with Crippen LogP contribution in [-0.2, 0) is 16.1 Å². The number of fused-ring (bicyclic) bond motifs is 1. The highest BCUT2D eigenvalue weighted by Gasteiger charge is 2.13. The molecule has 0 radical (unpaired) electrons. The maximum absolute atomic E-state index is 12.8. The number of amides is 1. The smallest absolute Gasteiger partial charge is 0.325 e. The minimum absolute atomic E-state index is 0.0230. The van der Waals surface area contributed by atoms with Crippen molar-refractivity contribution >= 4 is 49.4 Å². The Morgan fingerprint density at radius 1 is 1.17 bits per heavy atom. The first kappa shape index (κ1) is 22.2. The van der Waals surface area contributed by atoms with E-state index >= 15 is 0 Å². The normalized spacial score (nSPS) is 11.6. The van der Waals surface area contributed by atoms with E-state index in [-0.39, 0.29) is 6.54 Å². The van der Waals surface area contributed by atoms with Gasteiger partial charge in [-0.25, -0.2) is 0 Å². The third-order valence-corrected chi connectivity index (χ3v) is 5.99. The van der Waals surface area contributed by atoms with E-state index in [1.807, 2.05) is 24.3 Å². The third kappa shape index (κ3) is 5.58. The summed E-state index contributed by atoms with van der Waals surface area (Å²) >= 11 is 4.79. The van der Waals surface area contributed by atoms with Crippen molar-refractivity contribution in [3.05, 3.63) is 57.3 Å². The predicted octanol–water partition coefficient (Wildman–Crippen LogP) is 4.95. The fraction of sp³-hybridized carbons (Fsp3) is 0.318. The molecule has 1 amide bonds. The third-order valence-electron chi connectivity index (χ3n) is 4.45. The molecule has 6 nitrogen and oxygen atoms in total. The number of carbonyl (C=O) groups excluding carboxylic acids is 2. The molecule has 30 heavy (non-hydrogen) atoms. The lowest BCUT2D eigenvalue weighted by Crippen LogP contribution is -2.22. The summed E-state index contributed by atoms with van der Waals surface area (Å²) in [6.45, 7) is 2.73. The summed E-state index contributed by atoms with van der Waals surface area (Å²) in [7, 11) is 1.34. The lowest BCUT2D eigenvalue weighted by Gasteiger charge is -2.06. The lowest BCUT2D eigenvalue weighted by molar-refractivity contribution is -0.141. The number of thiazole rings is 1. The van der Waals surface area contributed by atoms with E-state index < -0.39 is 11.9 Å². The summed E-state index contributed by atoms with van der Waals surface area (Å²) < 4.78 is 14.1. The standard InChI is InChI=1S/C22H23BrN2O4S/c1-3-4-5-11-29-17-8-6-7-15(12-17)21(27)24-22-25(14-20(26)28-2)18-10-9-16(23)13-19(18)30-22/h6-10,12-13H,3-5,11,14H2,1-2H3. The first-order valence-electron chi connectivity index (χ1n) is 9.69. The van der Waals surface area contributed by atoms with Gasteiger partial charge in [-0.15, -0.1) is 0 Å². The number of halogens is 1. The maximum atomic E-state index is 12.8. The van der Waals surface area contributed by atoms with Gasteiger partial charge in [0.15, 0.2) is 4.80 Å². The number of carbonyl (C=O) groups is 2. The molecule has 0 aliphatic carbocycles. The van der Waals surface area contributed by atoms with Gasteiger partial charge >= 0.3 is 5.97 Å². The SMILES string of the molecule is CCCCCOc1cccc(C(=O)N=c2sc3cc(Br)ccc3n2CC(=O)OC)c1. The number of hydrogen-bond donors (Lipinski definition) is 0. The van der Waals surface area contributed by atoms with Crippen molar-refractivity contribution in [3.63, 3.8) is 0 Å². The zero-order valence-corrected chi connectivity index (χ0v) is 19.3. The van der Waals surface area contributed by atoms with Gasteiger partial charge in [0, 0.05) is 10.0 Å². The Balaban J connectivity index is 1.93. The van der Waals surface area contributed by atoms with Crippen LogP contribution < -0.4 is 9.54 Å². The first-order chi connectivity index (χ1) is 14.5. The van der Waals surface area contributed by atoms with Crippen LogP contribution in [-0.4, -0.2) is 30.2 Å². The maximum Gasteiger partial charge on any atom is 0.325 e. The molecule has 0 aliphatic heterocycles. The Morgan fingerprint density at radius 2 is 2.00 bits per heavy atom. The molecule has 0 aliphatic rings. The predicted molar refractivity (Wildman–Crippen MR) is 121 cm³/mol. The van der Waals surface area contributed by atoms with Crippen molar-refractivity contribution in [2.45, 2.75) is 32.7 Å². The molecule has 2 aromatic carbocycles. The average molecular weight is 491 g/mol. The number of ether oxygens (including phenoxy) is 2. The quantitative estimate of drug-likeness (QED) is 0.330. The minimum Gasteiger partial charge on any atom is -0.494 e. The summed E-state index contributed by atoms with van der Waals surface area (Å²) in [5.74, 6) is -0.151. The van der Waals surface area contributed by atoms with Crippen LogP contribution in [0, 0.1) is 0 Å². The van der Waals surface area contributed by atoms with Crippen LogP contribution in [0.4, 0.5) is 0 Å². The van der Waals surface area contributed by atoms with Crippen LogP contribution >= 0.6 is 27.3 Å². The van der Waals surface area contributed by atoms with E-state index in [0.717, 1.165) is 34.0 Å². The van der Waals surface area contributed by atoms with E-state index in [1.54, 1.807) is 22.8 Å². The highest BCUT2D eigenvalue weighted by atomic mass is 79.9. The van der Waals surface area contributed by atoms with Crippen molar-refractivity contribution in [1.29, 1.82) is 0 Å². The highest BCUT2D eigenvalue weighted by molar-refractivity contribution is 9.10. The Bertz CT molecular complexity index is 1120. The van der Waals surface area contributed by atoms with Crippen LogP contribution in [0.3, 0.4) is 0 Å². The molecular formula is C22H23BrN2O4S. The molecular weight excluding hydrogens is 468 g/mol. The van der Waals surface area contributed by atoms with Crippen LogP contribution in [0.25, 0.3) is 10.2 Å². The molecule has 0 atom stereocenters. The van der Waals surface area contributed by atoms with E-state index in [1.165, 1.54) is 18.4 Å². The van der Waals surface area contributed by atoms with Crippen LogP contribution in [0.1, 0.15) is 36.5 Å². The average Bonchev–Trinajstić information content (AvgIpc) is 3.07. The Labute approximate surface area is 187 Å². The number of rotatable bonds is 8. The Hall–Kier alpha value is -2.45. The van der Waals surface area contributed by atoms with E-state index in [0.29, 0.717) is 22.7 Å². The van der Waals surface area contributed by atoms with Gasteiger partial charge in [0.2, 0.25) is 0 Å². The second-order valence-electron chi connectivity index (χ2n) is 6.66. The fourth-order valence-corrected chi connectivity index (χ4v) is 4.47. The largest absolute Gasteiger partial charge is 0.494 e. The van der Waals surface area contributed by atoms with Crippen LogP contribution in [0.5, 0.6) is 5.75 Å². The molecule has 0 bridgehead atoms. The molecule has 1 heterocycles. The fourth-order valence-electron chi connectivity index (χ4n) is 2.89. The lowest BCUT2D eigenvalue weighted by atomic mass is 10.2. The molecule has 0 N–H and O–H groups in total. The van der Waals surface area contributed by atoms with Gasteiger partial charge < -0.3 is 14.0 Å². The van der Waals surface area contributed by atoms with Crippen molar-refractivity contribution in [1.82, 2.24) is 4.57 Å². The van der Waals surface area contributed by atoms with Crippen molar-refractivity contribution in [2.24, 2.45) is 4.99 Å². The van der Waals surface area contributed by atoms with Crippen molar-refractivity contribution in [3.8, 4) is 5.75 Å². The number of hydrogen-bond acceptors (Lipinski definition) is 5. The molecule has 0 spiro atoms. The topological polar surface area (TPSA) is 69.9 Å². The van der Waals surface area contributed by atoms with E-state index in [4.69, 9.17) is 9.47 Å². The van der Waals surface area contributed by atoms with Crippen LogP contribution in [0.15, 0.2) is 51.9 Å². The summed E-state index contributed by atoms with van der Waals surface area (Å²) in [4.78, 5) is 29.5. The molecule has 3 aromatic rings. The molecule has 1 aromatic heterocycles. The number of methoxy groups -OCH3 is 1. The molecule has 158 valence electrons. The number of aromatic nitrogens is 1. The van der Waals surface area contributed by atoms with Crippen molar-refractivity contribution < 1.29 is 19.1 Å². The monoisotopic (exact) mass is 490 g/mol. The van der Waals surface area contributed by atoms with Crippen molar-refractivity contribution in [2.75, 3.05) is 13.7 Å². The van der Waals surface area contributed by atoms with Crippen LogP contribution in [0.2, 0.25) is 0 Å². The molecule has 0 saturated carbocycles. The summed E-state index contributed by atoms with van der Waals surface area (Å²) in [5, 5.41) is 0. The van der Waals surface area contributed by atoms with E-state index in [9.17, 15) is 9.59 Å². The number of benzene rings is 2.